The van der Waals surface area contributed by atoms with Crippen LogP contribution in [-0.2, 0) is 6.61 Å². The summed E-state index contributed by atoms with van der Waals surface area (Å²) < 4.78 is 19.1. The molecule has 8 nitrogen and oxygen atoms in total. The Morgan fingerprint density at radius 2 is 1.84 bits per heavy atom. The van der Waals surface area contributed by atoms with Crippen molar-refractivity contribution in [2.45, 2.75) is 13.5 Å². The van der Waals surface area contributed by atoms with Crippen molar-refractivity contribution in [2.24, 2.45) is 5.10 Å². The maximum Gasteiger partial charge on any atom is 0.282 e. The van der Waals surface area contributed by atoms with Gasteiger partial charge in [0.05, 0.1) is 40.4 Å². The Kier molecular flexibility index (Phi) is 7.84. The van der Waals surface area contributed by atoms with Gasteiger partial charge in [-0.3, -0.25) is 4.79 Å². The van der Waals surface area contributed by atoms with E-state index in [2.05, 4.69) is 11.2 Å². The minimum absolute atomic E-state index is 0.126. The van der Waals surface area contributed by atoms with E-state index >= 15 is 0 Å². The minimum atomic E-state index is -0.373. The van der Waals surface area contributed by atoms with Gasteiger partial charge in [-0.1, -0.05) is 53.5 Å². The fourth-order valence-corrected chi connectivity index (χ4v) is 5.06. The average molecular weight is 609 g/mol. The van der Waals surface area contributed by atoms with Gasteiger partial charge in [0.25, 0.3) is 5.56 Å². The van der Waals surface area contributed by atoms with E-state index in [1.165, 1.54) is 10.9 Å². The van der Waals surface area contributed by atoms with Gasteiger partial charge in [-0.2, -0.15) is 15.0 Å². The second-order valence-corrected chi connectivity index (χ2v) is 10.3. The SMILES string of the molecule is CCOc1cc(C=Nn2c(-c3cc4cc(Cl)ccc4o3)nc3ccccc3c2=O)cc(Cl)c1OCc1ccccc1C#N. The molecule has 0 saturated heterocycles. The zero-order chi connectivity index (χ0) is 29.9. The summed E-state index contributed by atoms with van der Waals surface area (Å²) in [5.74, 6) is 1.30. The molecule has 0 N–H and O–H groups in total. The lowest BCUT2D eigenvalue weighted by Gasteiger charge is -2.15. The molecule has 0 atom stereocenters. The molecule has 0 aliphatic heterocycles. The van der Waals surface area contributed by atoms with Crippen molar-refractivity contribution in [2.75, 3.05) is 6.61 Å². The van der Waals surface area contributed by atoms with Crippen molar-refractivity contribution in [3.05, 3.63) is 122 Å². The number of ether oxygens (including phenoxy) is 2. The van der Waals surface area contributed by atoms with Crippen molar-refractivity contribution in [3.63, 3.8) is 0 Å². The van der Waals surface area contributed by atoms with Crippen LogP contribution in [0.4, 0.5) is 0 Å². The number of hydrogen-bond donors (Lipinski definition) is 0. The highest BCUT2D eigenvalue weighted by Crippen LogP contribution is 2.37. The number of para-hydroxylation sites is 1. The number of benzene rings is 4. The van der Waals surface area contributed by atoms with Crippen molar-refractivity contribution in [1.82, 2.24) is 9.66 Å². The molecule has 0 fully saturated rings. The molecule has 0 aliphatic rings. The van der Waals surface area contributed by atoms with Gasteiger partial charge < -0.3 is 13.9 Å². The zero-order valence-electron chi connectivity index (χ0n) is 22.8. The molecule has 4 aromatic carbocycles. The van der Waals surface area contributed by atoms with Crippen LogP contribution in [0.2, 0.25) is 10.0 Å². The van der Waals surface area contributed by atoms with Crippen LogP contribution < -0.4 is 15.0 Å². The molecule has 0 spiro atoms. The normalized spacial score (nSPS) is 11.3. The third-order valence-corrected chi connectivity index (χ3v) is 7.13. The van der Waals surface area contributed by atoms with E-state index in [0.29, 0.717) is 56.5 Å². The number of furan rings is 1. The van der Waals surface area contributed by atoms with Gasteiger partial charge in [0.2, 0.25) is 5.82 Å². The summed E-state index contributed by atoms with van der Waals surface area (Å²) in [7, 11) is 0. The second-order valence-electron chi connectivity index (χ2n) is 9.43. The van der Waals surface area contributed by atoms with Crippen LogP contribution >= 0.6 is 23.2 Å². The summed E-state index contributed by atoms with van der Waals surface area (Å²) in [6, 6.07) is 26.8. The number of nitriles is 1. The Morgan fingerprint density at radius 3 is 2.67 bits per heavy atom. The molecule has 0 aliphatic carbocycles. The molecule has 0 bridgehead atoms. The van der Waals surface area contributed by atoms with Gasteiger partial charge >= 0.3 is 0 Å². The number of halogens is 2. The molecule has 10 heteroatoms. The first-order chi connectivity index (χ1) is 20.9. The molecule has 0 saturated carbocycles. The summed E-state index contributed by atoms with van der Waals surface area (Å²) in [6.45, 7) is 2.33. The fraction of sp³-hybridized carbons (Fsp3) is 0.0909. The minimum Gasteiger partial charge on any atom is -0.490 e. The van der Waals surface area contributed by atoms with E-state index in [1.54, 1.807) is 66.7 Å². The Morgan fingerprint density at radius 1 is 1.02 bits per heavy atom. The smallest absolute Gasteiger partial charge is 0.282 e. The molecule has 2 aromatic heterocycles. The van der Waals surface area contributed by atoms with Gasteiger partial charge in [0, 0.05) is 16.0 Å². The van der Waals surface area contributed by atoms with E-state index in [1.807, 2.05) is 25.1 Å². The monoisotopic (exact) mass is 608 g/mol. The third kappa shape index (κ3) is 5.69. The van der Waals surface area contributed by atoms with Gasteiger partial charge in [-0.05, 0) is 67.1 Å². The summed E-state index contributed by atoms with van der Waals surface area (Å²) in [6.07, 6.45) is 1.49. The summed E-state index contributed by atoms with van der Waals surface area (Å²) in [5, 5.41) is 15.9. The molecule has 6 aromatic rings. The van der Waals surface area contributed by atoms with Crippen LogP contribution in [0.25, 0.3) is 33.5 Å². The highest BCUT2D eigenvalue weighted by molar-refractivity contribution is 6.32. The summed E-state index contributed by atoms with van der Waals surface area (Å²) in [5.41, 5.74) is 2.52. The van der Waals surface area contributed by atoms with Gasteiger partial charge in [-0.15, -0.1) is 0 Å². The summed E-state index contributed by atoms with van der Waals surface area (Å²) in [4.78, 5) is 18.3. The predicted molar refractivity (Wildman–Crippen MR) is 167 cm³/mol. The van der Waals surface area contributed by atoms with E-state index in [-0.39, 0.29) is 23.0 Å². The van der Waals surface area contributed by atoms with E-state index in [0.717, 1.165) is 10.9 Å². The molecule has 6 rings (SSSR count). The van der Waals surface area contributed by atoms with Crippen LogP contribution in [0.15, 0.2) is 99.2 Å². The summed E-state index contributed by atoms with van der Waals surface area (Å²) >= 11 is 12.8. The molecule has 0 radical (unpaired) electrons. The quantitative estimate of drug-likeness (QED) is 0.163. The third-order valence-electron chi connectivity index (χ3n) is 6.62. The molecular formula is C33H22Cl2N4O4. The van der Waals surface area contributed by atoms with Gasteiger partial charge in [-0.25, -0.2) is 4.98 Å². The average Bonchev–Trinajstić information content (AvgIpc) is 3.43. The van der Waals surface area contributed by atoms with E-state index in [4.69, 9.17) is 42.1 Å². The lowest BCUT2D eigenvalue weighted by atomic mass is 10.1. The molecule has 0 unspecified atom stereocenters. The first kappa shape index (κ1) is 28.0. The highest BCUT2D eigenvalue weighted by Gasteiger charge is 2.18. The van der Waals surface area contributed by atoms with Gasteiger partial charge in [0.15, 0.2) is 17.3 Å². The van der Waals surface area contributed by atoms with E-state index in [9.17, 15) is 10.1 Å². The van der Waals surface area contributed by atoms with Crippen LogP contribution in [-0.4, -0.2) is 22.5 Å². The van der Waals surface area contributed by atoms with Gasteiger partial charge in [0.1, 0.15) is 12.2 Å². The van der Waals surface area contributed by atoms with Crippen LogP contribution in [0, 0.1) is 11.3 Å². The maximum absolute atomic E-state index is 13.6. The molecule has 212 valence electrons. The number of rotatable bonds is 8. The first-order valence-corrected chi connectivity index (χ1v) is 14.0. The first-order valence-electron chi connectivity index (χ1n) is 13.3. The van der Waals surface area contributed by atoms with E-state index < -0.39 is 0 Å². The predicted octanol–water partition coefficient (Wildman–Crippen LogP) is 7.85. The Bertz CT molecular complexity index is 2130. The number of nitrogens with zero attached hydrogens (tertiary/aromatic N) is 4. The Hall–Kier alpha value is -5.10. The standard InChI is InChI=1S/C33H22Cl2N4O4/c1-2-41-29-14-20(13-26(35)31(29)42-19-22-8-4-3-7-21(22)17-36)18-37-39-32(38-27-10-6-5-9-25(27)33(39)40)30-16-23-15-24(34)11-12-28(23)43-30/h3-16,18H,2,19H2,1H3. The molecule has 2 heterocycles. The molecular weight excluding hydrogens is 587 g/mol. The number of aromatic nitrogens is 2. The van der Waals surface area contributed by atoms with Crippen LogP contribution in [0.5, 0.6) is 11.5 Å². The van der Waals surface area contributed by atoms with Crippen LogP contribution in [0.3, 0.4) is 0 Å². The largest absolute Gasteiger partial charge is 0.490 e. The maximum atomic E-state index is 13.6. The van der Waals surface area contributed by atoms with Crippen molar-refractivity contribution in [1.29, 1.82) is 5.26 Å². The number of fused-ring (bicyclic) bond motifs is 2. The van der Waals surface area contributed by atoms with Crippen LogP contribution in [0.1, 0.15) is 23.6 Å². The number of hydrogen-bond acceptors (Lipinski definition) is 7. The van der Waals surface area contributed by atoms with Crippen molar-refractivity contribution < 1.29 is 13.9 Å². The lowest BCUT2D eigenvalue weighted by Crippen LogP contribution is -2.20. The Balaban J connectivity index is 1.40. The topological polar surface area (TPSA) is 103 Å². The zero-order valence-corrected chi connectivity index (χ0v) is 24.3. The molecule has 43 heavy (non-hydrogen) atoms. The highest BCUT2D eigenvalue weighted by atomic mass is 35.5. The fourth-order valence-electron chi connectivity index (χ4n) is 4.61. The van der Waals surface area contributed by atoms with Crippen molar-refractivity contribution >= 4 is 51.3 Å². The molecule has 0 amide bonds. The Labute approximate surface area is 255 Å². The van der Waals surface area contributed by atoms with Crippen molar-refractivity contribution in [3.8, 4) is 29.2 Å². The lowest BCUT2D eigenvalue weighted by molar-refractivity contribution is 0.269. The second kappa shape index (κ2) is 12.0.